The van der Waals surface area contributed by atoms with Crippen LogP contribution in [0.2, 0.25) is 0 Å². The Morgan fingerprint density at radius 2 is 0.514 bits per heavy atom. The van der Waals surface area contributed by atoms with Gasteiger partial charge in [0.1, 0.15) is 0 Å². The van der Waals surface area contributed by atoms with Crippen molar-refractivity contribution < 1.29 is 0 Å². The molecule has 0 fully saturated rings. The van der Waals surface area contributed by atoms with Crippen LogP contribution in [0, 0.1) is 73.6 Å². The Morgan fingerprint density at radius 3 is 0.703 bits per heavy atom. The lowest BCUT2D eigenvalue weighted by Crippen LogP contribution is -2.29. The van der Waals surface area contributed by atoms with Gasteiger partial charge in [0.2, 0.25) is 0 Å². The summed E-state index contributed by atoms with van der Waals surface area (Å²) in [7, 11) is -3.03. The second-order valence-electron chi connectivity index (χ2n) is 9.21. The van der Waals surface area contributed by atoms with Gasteiger partial charge in [-0.15, -0.1) is 0 Å². The first-order valence-electron chi connectivity index (χ1n) is 12.3. The number of aryl methyl sites for hydroxylation is 4. The molecule has 0 radical (unpaired) electrons. The van der Waals surface area contributed by atoms with Gasteiger partial charge in [0.25, 0.3) is 0 Å². The molecule has 0 aliphatic carbocycles. The third-order valence-corrected chi connectivity index (χ3v) is 7.78. The predicted molar refractivity (Wildman–Crippen MR) is 158 cm³/mol. The lowest BCUT2D eigenvalue weighted by molar-refractivity contribution is 1.46. The van der Waals surface area contributed by atoms with Crippen LogP contribution in [0.1, 0.15) is 44.5 Å². The van der Waals surface area contributed by atoms with Gasteiger partial charge in [-0.2, -0.15) is 0 Å². The van der Waals surface area contributed by atoms with E-state index < -0.39 is 8.07 Å². The van der Waals surface area contributed by atoms with Crippen molar-refractivity contribution in [1.82, 2.24) is 0 Å². The maximum atomic E-state index is 3.48. The summed E-state index contributed by atoms with van der Waals surface area (Å²) in [6.45, 7) is 8.29. The van der Waals surface area contributed by atoms with Gasteiger partial charge >= 0.3 is 8.07 Å². The molecule has 4 rings (SSSR count). The summed E-state index contributed by atoms with van der Waals surface area (Å²) in [6, 6.07) is 32.9. The standard InChI is InChI=1S/C36H28Si/c1-29-5-13-33(14-6-29)21-25-37(26-22-34-15-7-30(2)8-16-34,27-23-35-17-9-31(3)10-18-35)28-24-36-19-11-32(4)12-20-36/h5-20H,1-4H3. The Morgan fingerprint density at radius 1 is 0.324 bits per heavy atom. The largest absolute Gasteiger partial charge is 0.370 e. The molecule has 0 aromatic heterocycles. The lowest BCUT2D eigenvalue weighted by Gasteiger charge is -2.05. The summed E-state index contributed by atoms with van der Waals surface area (Å²) in [5, 5.41) is 0. The van der Waals surface area contributed by atoms with E-state index in [0.29, 0.717) is 0 Å². The number of hydrogen-bond donors (Lipinski definition) is 0. The second-order valence-corrected chi connectivity index (χ2v) is 11.7. The average Bonchev–Trinajstić information content (AvgIpc) is 2.91. The number of benzene rings is 4. The normalized spacial score (nSPS) is 9.84. The Hall–Kier alpha value is -4.66. The molecular formula is C36H28Si. The van der Waals surface area contributed by atoms with Crippen LogP contribution in [-0.4, -0.2) is 8.07 Å². The quantitative estimate of drug-likeness (QED) is 0.184. The molecule has 37 heavy (non-hydrogen) atoms. The molecule has 0 bridgehead atoms. The smallest absolute Gasteiger partial charge is 0.0825 e. The van der Waals surface area contributed by atoms with E-state index in [2.05, 4.69) is 122 Å². The molecule has 4 aromatic rings. The summed E-state index contributed by atoms with van der Waals surface area (Å²) in [5.74, 6) is 13.4. The lowest BCUT2D eigenvalue weighted by atomic mass is 10.2. The molecule has 0 atom stereocenters. The van der Waals surface area contributed by atoms with E-state index >= 15 is 0 Å². The van der Waals surface area contributed by atoms with Gasteiger partial charge in [-0.05, 0) is 76.2 Å². The highest BCUT2D eigenvalue weighted by Crippen LogP contribution is 2.08. The third kappa shape index (κ3) is 7.66. The fourth-order valence-electron chi connectivity index (χ4n) is 3.40. The van der Waals surface area contributed by atoms with Crippen molar-refractivity contribution in [3.8, 4) is 45.9 Å². The second kappa shape index (κ2) is 11.8. The van der Waals surface area contributed by atoms with Crippen LogP contribution in [0.3, 0.4) is 0 Å². The van der Waals surface area contributed by atoms with Crippen molar-refractivity contribution in [2.24, 2.45) is 0 Å². The van der Waals surface area contributed by atoms with Crippen molar-refractivity contribution in [3.63, 3.8) is 0 Å². The molecule has 0 heterocycles. The minimum atomic E-state index is -3.03. The molecule has 0 spiro atoms. The van der Waals surface area contributed by atoms with Gasteiger partial charge < -0.3 is 0 Å². The molecule has 1 heteroatoms. The summed E-state index contributed by atoms with van der Waals surface area (Å²) < 4.78 is 0. The zero-order valence-electron chi connectivity index (χ0n) is 21.7. The van der Waals surface area contributed by atoms with Crippen LogP contribution in [0.15, 0.2) is 97.1 Å². The Balaban J connectivity index is 1.89. The topological polar surface area (TPSA) is 0 Å². The summed E-state index contributed by atoms with van der Waals surface area (Å²) >= 11 is 0. The number of hydrogen-bond acceptors (Lipinski definition) is 0. The predicted octanol–water partition coefficient (Wildman–Crippen LogP) is 7.03. The van der Waals surface area contributed by atoms with E-state index in [1.807, 2.05) is 48.5 Å². The van der Waals surface area contributed by atoms with Gasteiger partial charge in [0.15, 0.2) is 0 Å². The Kier molecular flexibility index (Phi) is 8.14. The van der Waals surface area contributed by atoms with Crippen LogP contribution in [0.4, 0.5) is 0 Å². The van der Waals surface area contributed by atoms with E-state index in [-0.39, 0.29) is 0 Å². The van der Waals surface area contributed by atoms with Gasteiger partial charge in [-0.3, -0.25) is 0 Å². The fraction of sp³-hybridized carbons (Fsp3) is 0.111. The number of rotatable bonds is 0. The summed E-state index contributed by atoms with van der Waals surface area (Å²) in [5.41, 5.74) is 22.5. The van der Waals surface area contributed by atoms with Gasteiger partial charge in [0, 0.05) is 22.3 Å². The molecule has 0 unspecified atom stereocenters. The molecule has 0 N–H and O–H groups in total. The average molecular weight is 489 g/mol. The minimum absolute atomic E-state index is 0.939. The maximum absolute atomic E-state index is 3.48. The van der Waals surface area contributed by atoms with Crippen LogP contribution < -0.4 is 0 Å². The molecule has 0 amide bonds. The van der Waals surface area contributed by atoms with Crippen molar-refractivity contribution in [3.05, 3.63) is 142 Å². The molecule has 176 valence electrons. The SMILES string of the molecule is Cc1ccc(C#C[Si](C#Cc2ccc(C)cc2)(C#Cc2ccc(C)cc2)C#Cc2ccc(C)cc2)cc1. The van der Waals surface area contributed by atoms with Crippen LogP contribution in [0.25, 0.3) is 0 Å². The minimum Gasteiger partial charge on any atom is -0.0825 e. The summed E-state index contributed by atoms with van der Waals surface area (Å²) in [4.78, 5) is 0. The van der Waals surface area contributed by atoms with Crippen LogP contribution >= 0.6 is 0 Å². The van der Waals surface area contributed by atoms with Crippen LogP contribution in [-0.2, 0) is 0 Å². The highest BCUT2D eigenvalue weighted by Gasteiger charge is 2.26. The third-order valence-electron chi connectivity index (χ3n) is 5.78. The molecule has 0 aliphatic heterocycles. The highest BCUT2D eigenvalue weighted by molar-refractivity contribution is 7.06. The Labute approximate surface area is 222 Å². The molecule has 0 aliphatic rings. The maximum Gasteiger partial charge on any atom is 0.370 e. The van der Waals surface area contributed by atoms with Gasteiger partial charge in [-0.25, -0.2) is 0 Å². The monoisotopic (exact) mass is 488 g/mol. The highest BCUT2D eigenvalue weighted by atomic mass is 28.3. The van der Waals surface area contributed by atoms with Crippen LogP contribution in [0.5, 0.6) is 0 Å². The first kappa shape index (κ1) is 25.4. The van der Waals surface area contributed by atoms with E-state index in [4.69, 9.17) is 0 Å². The first-order chi connectivity index (χ1) is 17.9. The molecule has 4 aromatic carbocycles. The van der Waals surface area contributed by atoms with E-state index in [1.54, 1.807) is 0 Å². The van der Waals surface area contributed by atoms with Gasteiger partial charge in [0.05, 0.1) is 0 Å². The molecular weight excluding hydrogens is 460 g/mol. The van der Waals surface area contributed by atoms with Crippen molar-refractivity contribution in [2.75, 3.05) is 0 Å². The fourth-order valence-corrected chi connectivity index (χ4v) is 5.10. The summed E-state index contributed by atoms with van der Waals surface area (Å²) in [6.07, 6.45) is 0. The van der Waals surface area contributed by atoms with E-state index in [1.165, 1.54) is 22.3 Å². The van der Waals surface area contributed by atoms with Crippen molar-refractivity contribution >= 4 is 8.07 Å². The first-order valence-corrected chi connectivity index (χ1v) is 14.3. The van der Waals surface area contributed by atoms with E-state index in [0.717, 1.165) is 22.3 Å². The Bertz CT molecular complexity index is 1360. The van der Waals surface area contributed by atoms with Crippen molar-refractivity contribution in [1.29, 1.82) is 0 Å². The zero-order valence-corrected chi connectivity index (χ0v) is 22.7. The van der Waals surface area contributed by atoms with Crippen molar-refractivity contribution in [2.45, 2.75) is 27.7 Å². The molecule has 0 nitrogen and oxygen atoms in total. The zero-order chi connectivity index (χ0) is 26.1. The van der Waals surface area contributed by atoms with E-state index in [9.17, 15) is 0 Å². The molecule has 0 saturated heterocycles. The van der Waals surface area contributed by atoms with Gasteiger partial charge in [-0.1, -0.05) is 117 Å². The molecule has 0 saturated carbocycles.